The lowest BCUT2D eigenvalue weighted by Gasteiger charge is -2.36. The topological polar surface area (TPSA) is 89.1 Å². The molecule has 6 nitrogen and oxygen atoms in total. The fraction of sp³-hybridized carbons (Fsp3) is 0.318. The Labute approximate surface area is 190 Å². The molecule has 2 aromatic carbocycles. The van der Waals surface area contributed by atoms with E-state index in [1.807, 2.05) is 6.92 Å². The second-order valence-electron chi connectivity index (χ2n) is 8.10. The zero-order chi connectivity index (χ0) is 25.1. The molecule has 1 heterocycles. The van der Waals surface area contributed by atoms with Gasteiger partial charge in [0.15, 0.2) is 0 Å². The van der Waals surface area contributed by atoms with Crippen molar-refractivity contribution in [3.8, 4) is 0 Å². The smallest absolute Gasteiger partial charge is 0.380 e. The molecule has 1 fully saturated rings. The summed E-state index contributed by atoms with van der Waals surface area (Å²) in [6, 6.07) is 4.06. The number of rotatable bonds is 7. The number of carbonyl (C=O) groups is 1. The Morgan fingerprint density at radius 3 is 2.38 bits per heavy atom. The third kappa shape index (κ3) is 5.74. The van der Waals surface area contributed by atoms with Gasteiger partial charge in [0.1, 0.15) is 23.2 Å². The van der Waals surface area contributed by atoms with E-state index in [1.165, 1.54) is 0 Å². The predicted molar refractivity (Wildman–Crippen MR) is 113 cm³/mol. The molecular formula is C22H20F6N4O2. The number of halogens is 6. The van der Waals surface area contributed by atoms with Crippen LogP contribution in [0.15, 0.2) is 40.4 Å². The third-order valence-electron chi connectivity index (χ3n) is 5.04. The minimum atomic E-state index is -4.94. The summed E-state index contributed by atoms with van der Waals surface area (Å²) in [5, 5.41) is 5.50. The number of amides is 1. The summed E-state index contributed by atoms with van der Waals surface area (Å²) in [4.78, 5) is 16.3. The Kier molecular flexibility index (Phi) is 7.29. The molecule has 1 amide bonds. The minimum absolute atomic E-state index is 0.180. The number of benzene rings is 2. The molecule has 0 aromatic heterocycles. The molecule has 0 unspecified atom stereocenters. The highest BCUT2D eigenvalue weighted by molar-refractivity contribution is 6.38. The van der Waals surface area contributed by atoms with Gasteiger partial charge < -0.3 is 15.9 Å². The number of alkyl halides is 3. The molecule has 12 heteroatoms. The second-order valence-corrected chi connectivity index (χ2v) is 8.10. The number of nitrogens with one attached hydrogen (secondary N) is 1. The quantitative estimate of drug-likeness (QED) is 0.268. The normalized spacial score (nSPS) is 15.9. The molecule has 1 saturated heterocycles. The molecule has 0 saturated carbocycles. The molecule has 0 bridgehead atoms. The molecule has 182 valence electrons. The van der Waals surface area contributed by atoms with Gasteiger partial charge in [-0.2, -0.15) is 18.3 Å². The maximum atomic E-state index is 14.6. The van der Waals surface area contributed by atoms with Gasteiger partial charge in [0.05, 0.1) is 30.8 Å². The first kappa shape index (κ1) is 25.2. The van der Waals surface area contributed by atoms with Crippen molar-refractivity contribution in [2.24, 2.45) is 21.4 Å². The maximum Gasteiger partial charge on any atom is 0.419 e. The molecule has 3 N–H and O–H groups in total. The number of nitrogens with zero attached hydrogens (tertiary/aromatic N) is 2. The van der Waals surface area contributed by atoms with Crippen molar-refractivity contribution in [1.29, 1.82) is 0 Å². The minimum Gasteiger partial charge on any atom is -0.380 e. The summed E-state index contributed by atoms with van der Waals surface area (Å²) in [7, 11) is 0. The van der Waals surface area contributed by atoms with E-state index in [0.717, 1.165) is 30.5 Å². The second kappa shape index (κ2) is 9.84. The molecule has 0 atom stereocenters. The SMILES string of the molecule is CC1(CN=C/C(=N\N)c2c(F)cc(NC(=O)Cc3cccc(C(F)(F)F)c3F)cc2F)COC1. The molecular weight excluding hydrogens is 466 g/mol. The number of aliphatic imine (C=N–C) groups is 1. The van der Waals surface area contributed by atoms with E-state index in [4.69, 9.17) is 10.6 Å². The van der Waals surface area contributed by atoms with Crippen LogP contribution in [0, 0.1) is 22.9 Å². The molecule has 0 radical (unpaired) electrons. The predicted octanol–water partition coefficient (Wildman–Crippen LogP) is 4.07. The zero-order valence-electron chi connectivity index (χ0n) is 17.8. The average Bonchev–Trinajstić information content (AvgIpc) is 2.71. The molecule has 2 aromatic rings. The van der Waals surface area contributed by atoms with Crippen molar-refractivity contribution < 1.29 is 35.9 Å². The number of hydrazone groups is 1. The van der Waals surface area contributed by atoms with Crippen LogP contribution in [0.3, 0.4) is 0 Å². The zero-order valence-corrected chi connectivity index (χ0v) is 17.8. The van der Waals surface area contributed by atoms with E-state index >= 15 is 0 Å². The maximum absolute atomic E-state index is 14.6. The van der Waals surface area contributed by atoms with Gasteiger partial charge in [-0.3, -0.25) is 9.79 Å². The molecule has 1 aliphatic heterocycles. The lowest BCUT2D eigenvalue weighted by Crippen LogP contribution is -2.42. The van der Waals surface area contributed by atoms with Crippen LogP contribution in [0.1, 0.15) is 23.6 Å². The van der Waals surface area contributed by atoms with Crippen LogP contribution in [-0.2, 0) is 22.1 Å². The lowest BCUT2D eigenvalue weighted by molar-refractivity contribution is -0.140. The van der Waals surface area contributed by atoms with Crippen molar-refractivity contribution >= 4 is 23.5 Å². The van der Waals surface area contributed by atoms with Crippen LogP contribution in [0.4, 0.5) is 32.0 Å². The lowest BCUT2D eigenvalue weighted by atomic mass is 9.89. The van der Waals surface area contributed by atoms with E-state index in [9.17, 15) is 31.1 Å². The molecule has 1 aliphatic rings. The van der Waals surface area contributed by atoms with Crippen molar-refractivity contribution in [2.45, 2.75) is 19.5 Å². The summed E-state index contributed by atoms with van der Waals surface area (Å²) in [6.45, 7) is 3.26. The Balaban J connectivity index is 1.73. The first-order valence-corrected chi connectivity index (χ1v) is 9.93. The van der Waals surface area contributed by atoms with Gasteiger partial charge in [-0.25, -0.2) is 13.2 Å². The highest BCUT2D eigenvalue weighted by atomic mass is 19.4. The number of carbonyl (C=O) groups excluding carboxylic acids is 1. The molecule has 0 spiro atoms. The fourth-order valence-corrected chi connectivity index (χ4v) is 3.26. The van der Waals surface area contributed by atoms with Crippen LogP contribution in [0.2, 0.25) is 0 Å². The van der Waals surface area contributed by atoms with Crippen LogP contribution < -0.4 is 11.2 Å². The van der Waals surface area contributed by atoms with Crippen LogP contribution >= 0.6 is 0 Å². The number of anilines is 1. The number of nitrogens with two attached hydrogens (primary N) is 1. The number of hydrogen-bond donors (Lipinski definition) is 2. The van der Waals surface area contributed by atoms with E-state index < -0.39 is 52.6 Å². The van der Waals surface area contributed by atoms with E-state index in [-0.39, 0.29) is 16.8 Å². The Morgan fingerprint density at radius 1 is 1.21 bits per heavy atom. The summed E-state index contributed by atoms with van der Waals surface area (Å²) in [5.74, 6) is 0.450. The highest BCUT2D eigenvalue weighted by Gasteiger charge is 2.35. The van der Waals surface area contributed by atoms with Gasteiger partial charge in [0.2, 0.25) is 5.91 Å². The third-order valence-corrected chi connectivity index (χ3v) is 5.04. The Morgan fingerprint density at radius 2 is 1.85 bits per heavy atom. The van der Waals surface area contributed by atoms with Crippen molar-refractivity contribution in [1.82, 2.24) is 0 Å². The molecule has 0 aliphatic carbocycles. The number of ether oxygens (including phenoxy) is 1. The fourth-order valence-electron chi connectivity index (χ4n) is 3.26. The van der Waals surface area contributed by atoms with Gasteiger partial charge in [-0.05, 0) is 23.8 Å². The van der Waals surface area contributed by atoms with Crippen molar-refractivity contribution in [3.63, 3.8) is 0 Å². The first-order valence-electron chi connectivity index (χ1n) is 9.93. The summed E-state index contributed by atoms with van der Waals surface area (Å²) in [6.07, 6.45) is -4.60. The van der Waals surface area contributed by atoms with Crippen molar-refractivity contribution in [3.05, 3.63) is 64.5 Å². The monoisotopic (exact) mass is 486 g/mol. The summed E-state index contributed by atoms with van der Waals surface area (Å²) >= 11 is 0. The summed E-state index contributed by atoms with van der Waals surface area (Å²) < 4.78 is 87.0. The van der Waals surface area contributed by atoms with Crippen molar-refractivity contribution in [2.75, 3.05) is 25.1 Å². The average molecular weight is 486 g/mol. The number of hydrogen-bond acceptors (Lipinski definition) is 5. The standard InChI is InChI=1S/C22H20F6N4O2/c1-21(10-34-11-21)9-30-8-17(32-29)19-15(23)6-13(7-16(19)24)31-18(33)5-12-3-2-4-14(20(12)25)22(26,27)28/h2-4,6-8H,5,9-11,29H2,1H3,(H,31,33)/b30-8?,32-17+. The summed E-state index contributed by atoms with van der Waals surface area (Å²) in [5.41, 5.74) is -3.41. The van der Waals surface area contributed by atoms with Gasteiger partial charge >= 0.3 is 6.18 Å². The van der Waals surface area contributed by atoms with Gasteiger partial charge in [-0.1, -0.05) is 19.1 Å². The van der Waals surface area contributed by atoms with E-state index in [1.54, 1.807) is 0 Å². The van der Waals surface area contributed by atoms with Crippen LogP contribution in [-0.4, -0.2) is 37.6 Å². The highest BCUT2D eigenvalue weighted by Crippen LogP contribution is 2.32. The first-order chi connectivity index (χ1) is 15.9. The van der Waals surface area contributed by atoms with E-state index in [0.29, 0.717) is 25.8 Å². The molecule has 3 rings (SSSR count). The van der Waals surface area contributed by atoms with E-state index in [2.05, 4.69) is 15.4 Å². The Hall–Kier alpha value is -3.41. The Bertz CT molecular complexity index is 1120. The van der Waals surface area contributed by atoms with Crippen LogP contribution in [0.25, 0.3) is 0 Å². The van der Waals surface area contributed by atoms with Gasteiger partial charge in [0.25, 0.3) is 0 Å². The largest absolute Gasteiger partial charge is 0.419 e. The van der Waals surface area contributed by atoms with Crippen LogP contribution in [0.5, 0.6) is 0 Å². The van der Waals surface area contributed by atoms with Gasteiger partial charge in [-0.15, -0.1) is 0 Å². The van der Waals surface area contributed by atoms with Gasteiger partial charge in [0, 0.05) is 23.9 Å². The molecule has 34 heavy (non-hydrogen) atoms.